The summed E-state index contributed by atoms with van der Waals surface area (Å²) in [6.07, 6.45) is 69.0. The number of unbranched alkanes of at least 4 members (excludes halogenated alkanes) is 39. The standard InChI is InChI=1S/C60H113NO5/c1-3-5-7-9-11-13-15-17-25-29-32-36-40-44-48-52-58(63)57(56-62)61-59(64)53-49-45-41-37-33-30-26-23-21-19-18-20-22-24-27-31-35-39-43-47-51-55-66-60(65)54-50-46-42-38-34-28-16-14-12-10-8-6-4-2/h31,35,43,47-48,52,57-58,62-63H,3-30,32-34,36-42,44-46,49-51,53-56H2,1-2H3,(H,61,64)/b35-31-,47-43-,52-48+. The summed E-state index contributed by atoms with van der Waals surface area (Å²) in [4.78, 5) is 24.4. The van der Waals surface area contributed by atoms with Crippen LogP contribution in [0.3, 0.4) is 0 Å². The zero-order valence-electron chi connectivity index (χ0n) is 44.2. The molecule has 388 valence electrons. The maximum Gasteiger partial charge on any atom is 0.305 e. The molecule has 2 atom stereocenters. The number of ether oxygens (including phenoxy) is 1. The molecule has 0 aliphatic carbocycles. The molecule has 2 unspecified atom stereocenters. The van der Waals surface area contributed by atoms with E-state index in [9.17, 15) is 19.8 Å². The fourth-order valence-corrected chi connectivity index (χ4v) is 8.94. The number of esters is 1. The molecule has 0 aromatic heterocycles. The van der Waals surface area contributed by atoms with E-state index in [2.05, 4.69) is 43.5 Å². The van der Waals surface area contributed by atoms with Gasteiger partial charge in [-0.05, 0) is 51.4 Å². The molecule has 0 saturated heterocycles. The molecule has 0 aromatic rings. The van der Waals surface area contributed by atoms with Crippen LogP contribution < -0.4 is 5.32 Å². The van der Waals surface area contributed by atoms with E-state index in [1.165, 1.54) is 231 Å². The highest BCUT2D eigenvalue weighted by Crippen LogP contribution is 2.17. The Hall–Kier alpha value is -1.92. The molecule has 0 rings (SSSR count). The third-order valence-electron chi connectivity index (χ3n) is 13.4. The molecule has 0 saturated carbocycles. The first-order chi connectivity index (χ1) is 32.5. The molecule has 1 amide bonds. The van der Waals surface area contributed by atoms with Crippen LogP contribution in [0.4, 0.5) is 0 Å². The number of nitrogens with one attached hydrogen (secondary N) is 1. The number of amides is 1. The molecule has 0 aromatic carbocycles. The predicted octanol–water partition coefficient (Wildman–Crippen LogP) is 18.0. The number of rotatable bonds is 54. The average Bonchev–Trinajstić information content (AvgIpc) is 3.32. The summed E-state index contributed by atoms with van der Waals surface area (Å²) in [5, 5.41) is 23.1. The number of allylic oxidation sites excluding steroid dienone is 4. The van der Waals surface area contributed by atoms with Gasteiger partial charge in [-0.15, -0.1) is 0 Å². The number of carbonyl (C=O) groups excluding carboxylic acids is 2. The van der Waals surface area contributed by atoms with Crippen LogP contribution in [0.2, 0.25) is 0 Å². The Morgan fingerprint density at radius 3 is 1.15 bits per heavy atom. The third kappa shape index (κ3) is 51.5. The van der Waals surface area contributed by atoms with E-state index in [-0.39, 0.29) is 18.5 Å². The Morgan fingerprint density at radius 1 is 0.424 bits per heavy atom. The zero-order chi connectivity index (χ0) is 47.9. The monoisotopic (exact) mass is 928 g/mol. The summed E-state index contributed by atoms with van der Waals surface area (Å²) < 4.78 is 5.41. The summed E-state index contributed by atoms with van der Waals surface area (Å²) in [5.41, 5.74) is 0. The topological polar surface area (TPSA) is 95.9 Å². The van der Waals surface area contributed by atoms with E-state index in [0.29, 0.717) is 19.4 Å². The summed E-state index contributed by atoms with van der Waals surface area (Å²) in [7, 11) is 0. The normalized spacial score (nSPS) is 12.8. The largest absolute Gasteiger partial charge is 0.465 e. The molecular formula is C60H113NO5. The van der Waals surface area contributed by atoms with Crippen LogP contribution in [0, 0.1) is 0 Å². The minimum Gasteiger partial charge on any atom is -0.465 e. The van der Waals surface area contributed by atoms with Crippen molar-refractivity contribution in [2.24, 2.45) is 0 Å². The van der Waals surface area contributed by atoms with Crippen molar-refractivity contribution in [2.45, 2.75) is 321 Å². The van der Waals surface area contributed by atoms with Crippen molar-refractivity contribution in [1.82, 2.24) is 5.32 Å². The second-order valence-corrected chi connectivity index (χ2v) is 20.0. The number of hydrogen-bond acceptors (Lipinski definition) is 5. The zero-order valence-corrected chi connectivity index (χ0v) is 44.2. The van der Waals surface area contributed by atoms with Crippen LogP contribution in [-0.2, 0) is 14.3 Å². The van der Waals surface area contributed by atoms with Crippen LogP contribution in [0.25, 0.3) is 0 Å². The van der Waals surface area contributed by atoms with E-state index in [0.717, 1.165) is 51.4 Å². The lowest BCUT2D eigenvalue weighted by Gasteiger charge is -2.20. The molecule has 3 N–H and O–H groups in total. The molecule has 0 aliphatic rings. The van der Waals surface area contributed by atoms with Crippen molar-refractivity contribution in [1.29, 1.82) is 0 Å². The summed E-state index contributed by atoms with van der Waals surface area (Å²) in [5.74, 6) is -0.106. The van der Waals surface area contributed by atoms with Gasteiger partial charge in [0.2, 0.25) is 5.91 Å². The average molecular weight is 929 g/mol. The Labute approximate surface area is 411 Å². The summed E-state index contributed by atoms with van der Waals surface area (Å²) >= 11 is 0. The molecule has 0 radical (unpaired) electrons. The Morgan fingerprint density at radius 2 is 0.758 bits per heavy atom. The Balaban J connectivity index is 3.48. The Bertz CT molecular complexity index is 1070. The minimum absolute atomic E-state index is 0.0345. The van der Waals surface area contributed by atoms with E-state index in [1.54, 1.807) is 6.08 Å². The number of hydrogen-bond donors (Lipinski definition) is 3. The minimum atomic E-state index is -0.848. The highest BCUT2D eigenvalue weighted by Gasteiger charge is 2.18. The first kappa shape index (κ1) is 64.1. The quantitative estimate of drug-likeness (QED) is 0.0321. The van der Waals surface area contributed by atoms with E-state index < -0.39 is 12.1 Å². The SMILES string of the molecule is CCCCCCCCCCCCCCC/C=C/C(O)C(CO)NC(=O)CCCCCCCCCCCCCCCC/C=C\C/C=C\CCOC(=O)CCCCCCCCCCCCCCC. The van der Waals surface area contributed by atoms with Crippen LogP contribution in [-0.4, -0.2) is 47.4 Å². The first-order valence-corrected chi connectivity index (χ1v) is 29.3. The number of aliphatic hydroxyl groups is 2. The maximum absolute atomic E-state index is 12.5. The second kappa shape index (κ2) is 55.7. The van der Waals surface area contributed by atoms with Crippen molar-refractivity contribution >= 4 is 11.9 Å². The highest BCUT2D eigenvalue weighted by molar-refractivity contribution is 5.76. The molecule has 0 fully saturated rings. The van der Waals surface area contributed by atoms with E-state index in [1.807, 2.05) is 6.08 Å². The third-order valence-corrected chi connectivity index (χ3v) is 13.4. The van der Waals surface area contributed by atoms with Gasteiger partial charge in [0.1, 0.15) is 0 Å². The highest BCUT2D eigenvalue weighted by atomic mass is 16.5. The van der Waals surface area contributed by atoms with E-state index >= 15 is 0 Å². The lowest BCUT2D eigenvalue weighted by Crippen LogP contribution is -2.45. The lowest BCUT2D eigenvalue weighted by atomic mass is 10.0. The fourth-order valence-electron chi connectivity index (χ4n) is 8.94. The molecular weight excluding hydrogens is 815 g/mol. The Kier molecular flexibility index (Phi) is 54.1. The van der Waals surface area contributed by atoms with Crippen molar-refractivity contribution in [3.8, 4) is 0 Å². The van der Waals surface area contributed by atoms with E-state index in [4.69, 9.17) is 4.74 Å². The summed E-state index contributed by atoms with van der Waals surface area (Å²) in [6, 6.07) is -0.631. The van der Waals surface area contributed by atoms with Crippen molar-refractivity contribution in [3.63, 3.8) is 0 Å². The molecule has 0 heterocycles. The molecule has 6 heteroatoms. The van der Waals surface area contributed by atoms with Crippen molar-refractivity contribution in [2.75, 3.05) is 13.2 Å². The van der Waals surface area contributed by atoms with Gasteiger partial charge in [-0.25, -0.2) is 0 Å². The lowest BCUT2D eigenvalue weighted by molar-refractivity contribution is -0.143. The van der Waals surface area contributed by atoms with Gasteiger partial charge in [0.15, 0.2) is 0 Å². The van der Waals surface area contributed by atoms with Gasteiger partial charge in [-0.2, -0.15) is 0 Å². The van der Waals surface area contributed by atoms with Gasteiger partial charge < -0.3 is 20.3 Å². The number of carbonyl (C=O) groups is 2. The van der Waals surface area contributed by atoms with Crippen molar-refractivity contribution < 1.29 is 24.5 Å². The van der Waals surface area contributed by atoms with Crippen molar-refractivity contribution in [3.05, 3.63) is 36.5 Å². The first-order valence-electron chi connectivity index (χ1n) is 29.3. The van der Waals surface area contributed by atoms with Gasteiger partial charge in [0.25, 0.3) is 0 Å². The second-order valence-electron chi connectivity index (χ2n) is 20.0. The maximum atomic E-state index is 12.5. The predicted molar refractivity (Wildman–Crippen MR) is 287 cm³/mol. The molecule has 6 nitrogen and oxygen atoms in total. The van der Waals surface area contributed by atoms with Crippen LogP contribution in [0.1, 0.15) is 309 Å². The fraction of sp³-hybridized carbons (Fsp3) is 0.867. The van der Waals surface area contributed by atoms with Crippen LogP contribution >= 0.6 is 0 Å². The molecule has 0 bridgehead atoms. The molecule has 0 spiro atoms. The van der Waals surface area contributed by atoms with Crippen LogP contribution in [0.15, 0.2) is 36.5 Å². The van der Waals surface area contributed by atoms with Gasteiger partial charge >= 0.3 is 5.97 Å². The summed E-state index contributed by atoms with van der Waals surface area (Å²) in [6.45, 7) is 4.80. The molecule has 0 aliphatic heterocycles. The van der Waals surface area contributed by atoms with Gasteiger partial charge in [-0.1, -0.05) is 281 Å². The smallest absolute Gasteiger partial charge is 0.305 e. The van der Waals surface area contributed by atoms with Gasteiger partial charge in [-0.3, -0.25) is 9.59 Å². The molecule has 66 heavy (non-hydrogen) atoms. The number of aliphatic hydroxyl groups excluding tert-OH is 2. The van der Waals surface area contributed by atoms with Gasteiger partial charge in [0, 0.05) is 12.8 Å². The van der Waals surface area contributed by atoms with Crippen LogP contribution in [0.5, 0.6) is 0 Å². The van der Waals surface area contributed by atoms with Gasteiger partial charge in [0.05, 0.1) is 25.4 Å².